The summed E-state index contributed by atoms with van der Waals surface area (Å²) in [6.07, 6.45) is 0.317. The Hall–Kier alpha value is -1.98. The Labute approximate surface area is 196 Å². The van der Waals surface area contributed by atoms with Gasteiger partial charge in [-0.05, 0) is 55.3 Å². The largest absolute Gasteiger partial charge is 0.462 e. The molecule has 1 saturated heterocycles. The van der Waals surface area contributed by atoms with Crippen LogP contribution in [0.1, 0.15) is 12.5 Å². The van der Waals surface area contributed by atoms with E-state index >= 15 is 0 Å². The number of carbonyl (C=O) groups is 2. The Morgan fingerprint density at radius 1 is 1.27 bits per heavy atom. The lowest BCUT2D eigenvalue weighted by atomic mass is 10.1. The normalized spacial score (nSPS) is 17.6. The Balaban J connectivity index is 2.04. The molecule has 3 rings (SSSR count). The molecule has 1 fully saturated rings. The van der Waals surface area contributed by atoms with Crippen molar-refractivity contribution >= 4 is 68.5 Å². The fraction of sp³-hybridized carbons (Fsp3) is 0.190. The van der Waals surface area contributed by atoms with Crippen molar-refractivity contribution in [3.05, 3.63) is 73.1 Å². The highest BCUT2D eigenvalue weighted by atomic mass is 79.9. The predicted molar refractivity (Wildman–Crippen MR) is 122 cm³/mol. The van der Waals surface area contributed by atoms with E-state index < -0.39 is 11.2 Å². The highest BCUT2D eigenvalue weighted by Gasteiger charge is 2.41. The number of esters is 1. The van der Waals surface area contributed by atoms with E-state index in [2.05, 4.69) is 15.9 Å². The summed E-state index contributed by atoms with van der Waals surface area (Å²) in [6.45, 7) is 1.78. The van der Waals surface area contributed by atoms with Gasteiger partial charge in [0.2, 0.25) is 5.91 Å². The van der Waals surface area contributed by atoms with Crippen LogP contribution < -0.4 is 4.90 Å². The first-order chi connectivity index (χ1) is 14.3. The Morgan fingerprint density at radius 3 is 2.57 bits per heavy atom. The summed E-state index contributed by atoms with van der Waals surface area (Å²) in [4.78, 5) is 27.1. The number of amides is 1. The molecule has 0 aromatic heterocycles. The molecule has 1 aliphatic heterocycles. The van der Waals surface area contributed by atoms with Crippen molar-refractivity contribution in [3.8, 4) is 6.07 Å². The topological polar surface area (TPSA) is 70.4 Å². The van der Waals surface area contributed by atoms with Crippen LogP contribution in [0.15, 0.2) is 57.5 Å². The zero-order chi connectivity index (χ0) is 21.8. The van der Waals surface area contributed by atoms with Gasteiger partial charge < -0.3 is 4.74 Å². The lowest BCUT2D eigenvalue weighted by Crippen LogP contribution is -2.30. The van der Waals surface area contributed by atoms with Gasteiger partial charge in [-0.25, -0.2) is 4.79 Å². The van der Waals surface area contributed by atoms with Gasteiger partial charge in [0, 0.05) is 20.2 Å². The molecule has 5 nitrogen and oxygen atoms in total. The van der Waals surface area contributed by atoms with E-state index in [9.17, 15) is 14.9 Å². The van der Waals surface area contributed by atoms with E-state index in [0.717, 1.165) is 21.8 Å². The quantitative estimate of drug-likeness (QED) is 0.282. The number of nitrogens with zero attached hydrogens (tertiary/aromatic N) is 2. The van der Waals surface area contributed by atoms with Crippen molar-refractivity contribution in [2.24, 2.45) is 0 Å². The SMILES string of the molecule is CCOC(=O)/C(C#N)=C1\S[C@@H](Cc2ccc(Cl)cc2Cl)C(=O)N1c1ccc(Br)cc1. The van der Waals surface area contributed by atoms with Crippen LogP contribution in [0.3, 0.4) is 0 Å². The second-order valence-electron chi connectivity index (χ2n) is 6.21. The smallest absolute Gasteiger partial charge is 0.351 e. The molecule has 0 saturated carbocycles. The van der Waals surface area contributed by atoms with Crippen LogP contribution in [-0.2, 0) is 20.7 Å². The molecule has 0 N–H and O–H groups in total. The van der Waals surface area contributed by atoms with Gasteiger partial charge in [-0.2, -0.15) is 5.26 Å². The van der Waals surface area contributed by atoms with Gasteiger partial charge in [0.05, 0.1) is 11.9 Å². The summed E-state index contributed by atoms with van der Waals surface area (Å²) < 4.78 is 5.86. The zero-order valence-corrected chi connectivity index (χ0v) is 19.6. The minimum Gasteiger partial charge on any atom is -0.462 e. The number of ether oxygens (including phenoxy) is 1. The molecular formula is C21H15BrCl2N2O3S. The van der Waals surface area contributed by atoms with Crippen LogP contribution >= 0.6 is 50.9 Å². The number of anilines is 1. The van der Waals surface area contributed by atoms with E-state index in [4.69, 9.17) is 27.9 Å². The van der Waals surface area contributed by atoms with Gasteiger partial charge in [-0.1, -0.05) is 57.0 Å². The molecule has 154 valence electrons. The van der Waals surface area contributed by atoms with Gasteiger partial charge in [0.1, 0.15) is 11.1 Å². The zero-order valence-electron chi connectivity index (χ0n) is 15.7. The summed E-state index contributed by atoms with van der Waals surface area (Å²) in [5.74, 6) is -1.01. The summed E-state index contributed by atoms with van der Waals surface area (Å²) >= 11 is 16.8. The van der Waals surface area contributed by atoms with E-state index in [1.807, 2.05) is 6.07 Å². The second kappa shape index (κ2) is 9.88. The fourth-order valence-corrected chi connectivity index (χ4v) is 4.92. The standard InChI is InChI=1S/C21H15BrCl2N2O3S/c1-2-29-21(28)16(11-25)20-26(15-7-4-13(22)5-8-15)19(27)18(30-20)9-12-3-6-14(23)10-17(12)24/h3-8,10,18H,2,9H2,1H3/b20-16-/t18-/m0/s1. The lowest BCUT2D eigenvalue weighted by Gasteiger charge is -2.18. The van der Waals surface area contributed by atoms with E-state index in [1.165, 1.54) is 4.90 Å². The lowest BCUT2D eigenvalue weighted by molar-refractivity contribution is -0.138. The molecule has 1 atom stereocenters. The molecule has 0 bridgehead atoms. The van der Waals surface area contributed by atoms with Crippen molar-refractivity contribution in [3.63, 3.8) is 0 Å². The molecule has 1 amide bonds. The van der Waals surface area contributed by atoms with Gasteiger partial charge in [0.15, 0.2) is 5.57 Å². The molecule has 9 heteroatoms. The van der Waals surface area contributed by atoms with Gasteiger partial charge in [0.25, 0.3) is 0 Å². The minimum absolute atomic E-state index is 0.123. The maximum Gasteiger partial charge on any atom is 0.351 e. The third-order valence-electron chi connectivity index (χ3n) is 4.26. The monoisotopic (exact) mass is 524 g/mol. The number of rotatable bonds is 5. The molecular weight excluding hydrogens is 511 g/mol. The maximum absolute atomic E-state index is 13.3. The fourth-order valence-electron chi connectivity index (χ4n) is 2.89. The van der Waals surface area contributed by atoms with E-state index in [-0.39, 0.29) is 23.1 Å². The van der Waals surface area contributed by atoms with Crippen LogP contribution in [-0.4, -0.2) is 23.7 Å². The third-order valence-corrected chi connectivity index (χ3v) is 6.64. The number of hydrogen-bond acceptors (Lipinski definition) is 5. The Kier molecular flexibility index (Phi) is 7.48. The number of hydrogen-bond donors (Lipinski definition) is 0. The van der Waals surface area contributed by atoms with Crippen molar-refractivity contribution in [1.29, 1.82) is 5.26 Å². The molecule has 0 radical (unpaired) electrons. The average Bonchev–Trinajstić information content (AvgIpc) is 3.01. The first-order valence-corrected chi connectivity index (χ1v) is 11.3. The molecule has 30 heavy (non-hydrogen) atoms. The first kappa shape index (κ1) is 22.7. The van der Waals surface area contributed by atoms with Crippen molar-refractivity contribution in [2.45, 2.75) is 18.6 Å². The van der Waals surface area contributed by atoms with Crippen LogP contribution in [0.25, 0.3) is 0 Å². The Bertz CT molecular complexity index is 1070. The predicted octanol–water partition coefficient (Wildman–Crippen LogP) is 5.75. The molecule has 2 aromatic rings. The molecule has 1 heterocycles. The van der Waals surface area contributed by atoms with Crippen LogP contribution in [0.2, 0.25) is 10.0 Å². The van der Waals surface area contributed by atoms with Crippen molar-refractivity contribution in [2.75, 3.05) is 11.5 Å². The minimum atomic E-state index is -0.761. The highest BCUT2D eigenvalue weighted by Crippen LogP contribution is 2.42. The summed E-state index contributed by atoms with van der Waals surface area (Å²) in [5, 5.41) is 10.3. The number of benzene rings is 2. The van der Waals surface area contributed by atoms with Crippen LogP contribution in [0.5, 0.6) is 0 Å². The highest BCUT2D eigenvalue weighted by molar-refractivity contribution is 9.10. The average molecular weight is 526 g/mol. The number of thioether (sulfide) groups is 1. The van der Waals surface area contributed by atoms with Crippen molar-refractivity contribution in [1.82, 2.24) is 0 Å². The third kappa shape index (κ3) is 4.84. The Morgan fingerprint density at radius 2 is 1.97 bits per heavy atom. The van der Waals surface area contributed by atoms with Gasteiger partial charge in [-0.15, -0.1) is 0 Å². The van der Waals surface area contributed by atoms with Crippen molar-refractivity contribution < 1.29 is 14.3 Å². The molecule has 1 aliphatic rings. The molecule has 0 aliphatic carbocycles. The molecule has 0 unspecified atom stereocenters. The molecule has 0 spiro atoms. The number of carbonyl (C=O) groups excluding carboxylic acids is 2. The second-order valence-corrected chi connectivity index (χ2v) is 9.16. The van der Waals surface area contributed by atoms with Crippen LogP contribution in [0.4, 0.5) is 5.69 Å². The molecule has 2 aromatic carbocycles. The number of halogens is 3. The number of nitriles is 1. The van der Waals surface area contributed by atoms with E-state index in [0.29, 0.717) is 22.2 Å². The summed E-state index contributed by atoms with van der Waals surface area (Å²) in [6, 6.07) is 14.0. The van der Waals surface area contributed by atoms with Crippen LogP contribution in [0, 0.1) is 11.3 Å². The first-order valence-electron chi connectivity index (χ1n) is 8.87. The van der Waals surface area contributed by atoms with Gasteiger partial charge >= 0.3 is 5.97 Å². The summed E-state index contributed by atoms with van der Waals surface area (Å²) in [7, 11) is 0. The summed E-state index contributed by atoms with van der Waals surface area (Å²) in [5.41, 5.74) is 1.09. The van der Waals surface area contributed by atoms with Gasteiger partial charge in [-0.3, -0.25) is 9.69 Å². The maximum atomic E-state index is 13.3. The van der Waals surface area contributed by atoms with E-state index in [1.54, 1.807) is 49.4 Å².